The van der Waals surface area contributed by atoms with E-state index in [2.05, 4.69) is 5.32 Å². The smallest absolute Gasteiger partial charge is 0.372 e. The van der Waals surface area contributed by atoms with Crippen LogP contribution in [0.4, 0.5) is 13.2 Å². The van der Waals surface area contributed by atoms with Gasteiger partial charge in [-0.05, 0) is 24.6 Å². The number of halogens is 3. The lowest BCUT2D eigenvalue weighted by molar-refractivity contribution is -0.150. The van der Waals surface area contributed by atoms with Gasteiger partial charge in [-0.3, -0.25) is 9.59 Å². The van der Waals surface area contributed by atoms with Crippen molar-refractivity contribution >= 4 is 11.8 Å². The molecule has 0 saturated carbocycles. The molecule has 1 aromatic carbocycles. The Bertz CT molecular complexity index is 587. The molecule has 2 amide bonds. The number of amides is 2. The number of carbonyl (C=O) groups is 2. The number of methoxy groups -OCH3 is 1. The van der Waals surface area contributed by atoms with Crippen LogP contribution in [-0.4, -0.2) is 43.0 Å². The highest BCUT2D eigenvalue weighted by molar-refractivity contribution is 5.91. The van der Waals surface area contributed by atoms with E-state index in [1.165, 1.54) is 24.1 Å². The molecule has 0 bridgehead atoms. The number of nitrogens with one attached hydrogen (secondary N) is 1. The molecule has 1 N–H and O–H groups in total. The zero-order valence-corrected chi connectivity index (χ0v) is 12.7. The zero-order chi connectivity index (χ0) is 17.2. The van der Waals surface area contributed by atoms with Crippen molar-refractivity contribution in [2.75, 3.05) is 20.2 Å². The van der Waals surface area contributed by atoms with Gasteiger partial charge < -0.3 is 15.0 Å². The summed E-state index contributed by atoms with van der Waals surface area (Å²) in [7, 11) is 1.37. The van der Waals surface area contributed by atoms with Crippen molar-refractivity contribution in [2.24, 2.45) is 0 Å². The summed E-state index contributed by atoms with van der Waals surface area (Å²) in [6.45, 7) is 2.11. The number of benzene rings is 1. The fourth-order valence-corrected chi connectivity index (χ4v) is 2.42. The maximum atomic E-state index is 12.6. The van der Waals surface area contributed by atoms with Gasteiger partial charge >= 0.3 is 6.18 Å². The van der Waals surface area contributed by atoms with Crippen molar-refractivity contribution in [2.45, 2.75) is 25.2 Å². The van der Waals surface area contributed by atoms with Gasteiger partial charge in [0.2, 0.25) is 5.91 Å². The van der Waals surface area contributed by atoms with Gasteiger partial charge in [0.1, 0.15) is 12.1 Å². The lowest BCUT2D eigenvalue weighted by Gasteiger charge is -2.36. The normalized spacial score (nSPS) is 20.1. The predicted molar refractivity (Wildman–Crippen MR) is 75.4 cm³/mol. The van der Waals surface area contributed by atoms with E-state index in [0.29, 0.717) is 5.56 Å². The van der Waals surface area contributed by atoms with E-state index < -0.39 is 29.8 Å². The predicted octanol–water partition coefficient (Wildman–Crippen LogP) is 1.74. The number of hydrogen-bond donors (Lipinski definition) is 1. The van der Waals surface area contributed by atoms with Gasteiger partial charge in [-0.1, -0.05) is 12.1 Å². The molecular weight excluding hydrogens is 313 g/mol. The van der Waals surface area contributed by atoms with Gasteiger partial charge in [0.05, 0.1) is 5.56 Å². The van der Waals surface area contributed by atoms with Crippen LogP contribution >= 0.6 is 0 Å². The van der Waals surface area contributed by atoms with E-state index in [1.807, 2.05) is 0 Å². The van der Waals surface area contributed by atoms with Crippen LogP contribution in [0.25, 0.3) is 0 Å². The first-order valence-electron chi connectivity index (χ1n) is 7.04. The summed E-state index contributed by atoms with van der Waals surface area (Å²) in [6.07, 6.45) is -5.19. The minimum absolute atomic E-state index is 0.268. The van der Waals surface area contributed by atoms with Crippen molar-refractivity contribution in [1.29, 1.82) is 0 Å². The van der Waals surface area contributed by atoms with Gasteiger partial charge in [-0.2, -0.15) is 13.2 Å². The summed E-state index contributed by atoms with van der Waals surface area (Å²) in [5.41, 5.74) is -0.479. The Kier molecular flexibility index (Phi) is 4.93. The van der Waals surface area contributed by atoms with Crippen LogP contribution in [0.2, 0.25) is 0 Å². The first-order valence-corrected chi connectivity index (χ1v) is 7.04. The molecule has 5 nitrogen and oxygen atoms in total. The standard InChI is InChI=1S/C15H17F3N2O3/c1-9(23-2)14(22)20-8-7-19-13(21)12(20)10-3-5-11(6-4-10)15(16,17)18/h3-6,9,12H,7-8H2,1-2H3,(H,19,21)/t9-,12-/m0/s1. The molecule has 0 spiro atoms. The topological polar surface area (TPSA) is 58.6 Å². The Morgan fingerprint density at radius 1 is 1.35 bits per heavy atom. The van der Waals surface area contributed by atoms with E-state index in [9.17, 15) is 22.8 Å². The third-order valence-corrected chi connectivity index (χ3v) is 3.75. The van der Waals surface area contributed by atoms with E-state index in [4.69, 9.17) is 4.74 Å². The molecule has 2 atom stereocenters. The summed E-state index contributed by atoms with van der Waals surface area (Å²) < 4.78 is 42.9. The Labute approximate surface area is 131 Å². The number of hydrogen-bond acceptors (Lipinski definition) is 3. The lowest BCUT2D eigenvalue weighted by atomic mass is 10.00. The summed E-state index contributed by atoms with van der Waals surface area (Å²) in [4.78, 5) is 25.8. The molecule has 1 saturated heterocycles. The molecule has 1 aromatic rings. The molecule has 8 heteroatoms. The molecule has 0 aliphatic carbocycles. The Morgan fingerprint density at radius 2 is 1.96 bits per heavy atom. The van der Waals surface area contributed by atoms with Gasteiger partial charge in [-0.15, -0.1) is 0 Å². The van der Waals surface area contributed by atoms with Crippen molar-refractivity contribution in [3.8, 4) is 0 Å². The van der Waals surface area contributed by atoms with Gasteiger partial charge in [-0.25, -0.2) is 0 Å². The highest BCUT2D eigenvalue weighted by Crippen LogP contribution is 2.31. The highest BCUT2D eigenvalue weighted by atomic mass is 19.4. The minimum atomic E-state index is -4.45. The number of rotatable bonds is 3. The Morgan fingerprint density at radius 3 is 2.48 bits per heavy atom. The fraction of sp³-hybridized carbons (Fsp3) is 0.467. The van der Waals surface area contributed by atoms with Crippen LogP contribution in [0.3, 0.4) is 0 Å². The average molecular weight is 330 g/mol. The first-order chi connectivity index (χ1) is 10.8. The molecule has 23 heavy (non-hydrogen) atoms. The maximum absolute atomic E-state index is 12.6. The van der Waals surface area contributed by atoms with Crippen molar-refractivity contribution < 1.29 is 27.5 Å². The molecule has 126 valence electrons. The van der Waals surface area contributed by atoms with E-state index >= 15 is 0 Å². The van der Waals surface area contributed by atoms with Gasteiger partial charge in [0.25, 0.3) is 5.91 Å². The number of ether oxygens (including phenoxy) is 1. The van der Waals surface area contributed by atoms with Crippen LogP contribution in [0.1, 0.15) is 24.1 Å². The maximum Gasteiger partial charge on any atom is 0.416 e. The molecular formula is C15H17F3N2O3. The molecule has 1 aliphatic rings. The van der Waals surface area contributed by atoms with Crippen LogP contribution in [0.5, 0.6) is 0 Å². The molecule has 0 radical (unpaired) electrons. The lowest BCUT2D eigenvalue weighted by Crippen LogP contribution is -2.54. The summed E-state index contributed by atoms with van der Waals surface area (Å²) in [6, 6.07) is 3.28. The third kappa shape index (κ3) is 3.64. The number of nitrogens with zero attached hydrogens (tertiary/aromatic N) is 1. The largest absolute Gasteiger partial charge is 0.416 e. The molecule has 0 aromatic heterocycles. The summed E-state index contributed by atoms with van der Waals surface area (Å²) >= 11 is 0. The summed E-state index contributed by atoms with van der Waals surface area (Å²) in [5, 5.41) is 2.62. The first kappa shape index (κ1) is 17.3. The quantitative estimate of drug-likeness (QED) is 0.918. The highest BCUT2D eigenvalue weighted by Gasteiger charge is 2.37. The minimum Gasteiger partial charge on any atom is -0.372 e. The van der Waals surface area contributed by atoms with Gasteiger partial charge in [0, 0.05) is 20.2 Å². The Hall–Kier alpha value is -2.09. The summed E-state index contributed by atoms with van der Waals surface area (Å²) in [5.74, 6) is -0.806. The SMILES string of the molecule is CO[C@@H](C)C(=O)N1CCNC(=O)[C@@H]1c1ccc(C(F)(F)F)cc1. The molecule has 1 heterocycles. The van der Waals surface area contributed by atoms with E-state index in [0.717, 1.165) is 12.1 Å². The fourth-order valence-electron chi connectivity index (χ4n) is 2.42. The number of carbonyl (C=O) groups excluding carboxylic acids is 2. The van der Waals surface area contributed by atoms with E-state index in [-0.39, 0.29) is 19.0 Å². The van der Waals surface area contributed by atoms with Crippen LogP contribution in [0, 0.1) is 0 Å². The van der Waals surface area contributed by atoms with Crippen molar-refractivity contribution in [1.82, 2.24) is 10.2 Å². The molecule has 0 unspecified atom stereocenters. The second-order valence-electron chi connectivity index (χ2n) is 5.22. The second-order valence-corrected chi connectivity index (χ2v) is 5.22. The Balaban J connectivity index is 2.32. The molecule has 2 rings (SSSR count). The van der Waals surface area contributed by atoms with Crippen molar-refractivity contribution in [3.05, 3.63) is 35.4 Å². The zero-order valence-electron chi connectivity index (χ0n) is 12.7. The third-order valence-electron chi connectivity index (χ3n) is 3.75. The van der Waals surface area contributed by atoms with E-state index in [1.54, 1.807) is 6.92 Å². The average Bonchev–Trinajstić information content (AvgIpc) is 2.52. The molecule has 1 aliphatic heterocycles. The molecule has 1 fully saturated rings. The van der Waals surface area contributed by atoms with Crippen molar-refractivity contribution in [3.63, 3.8) is 0 Å². The second kappa shape index (κ2) is 6.57. The van der Waals surface area contributed by atoms with Gasteiger partial charge in [0.15, 0.2) is 0 Å². The number of piperazine rings is 1. The van der Waals surface area contributed by atoms with Crippen LogP contribution < -0.4 is 5.32 Å². The van der Waals surface area contributed by atoms with Crippen LogP contribution in [0.15, 0.2) is 24.3 Å². The monoisotopic (exact) mass is 330 g/mol. The number of alkyl halides is 3. The van der Waals surface area contributed by atoms with Crippen LogP contribution in [-0.2, 0) is 20.5 Å².